The normalized spacial score (nSPS) is 27.3. The molecule has 35 heavy (non-hydrogen) atoms. The number of rotatable bonds is 3. The van der Waals surface area contributed by atoms with Gasteiger partial charge >= 0.3 is 0 Å². The molecule has 190 valence electrons. The molecule has 0 saturated carbocycles. The second kappa shape index (κ2) is 8.20. The molecule has 0 radical (unpaired) electrons. The maximum atomic E-state index is 15.1. The summed E-state index contributed by atoms with van der Waals surface area (Å²) in [7, 11) is -3.71. The highest BCUT2D eigenvalue weighted by Gasteiger charge is 2.62. The largest absolute Gasteiger partial charge is 0.386 e. The van der Waals surface area contributed by atoms with Crippen molar-refractivity contribution >= 4 is 39.3 Å². The maximum absolute atomic E-state index is 15.1. The van der Waals surface area contributed by atoms with Crippen LogP contribution in [0.5, 0.6) is 0 Å². The number of fused-ring (bicyclic) bond motifs is 1. The molecule has 2 aliphatic rings. The van der Waals surface area contributed by atoms with Crippen LogP contribution < -0.4 is 15.8 Å². The van der Waals surface area contributed by atoms with Crippen LogP contribution in [0.25, 0.3) is 0 Å². The second-order valence-electron chi connectivity index (χ2n) is 9.24. The molecule has 0 aliphatic carbocycles. The summed E-state index contributed by atoms with van der Waals surface area (Å²) in [6.07, 6.45) is -0.0405. The Morgan fingerprint density at radius 3 is 2.63 bits per heavy atom. The summed E-state index contributed by atoms with van der Waals surface area (Å²) < 4.78 is 72.7. The van der Waals surface area contributed by atoms with Crippen molar-refractivity contribution in [2.24, 2.45) is 10.7 Å². The predicted octanol–water partition coefficient (Wildman–Crippen LogP) is 2.95. The smallest absolute Gasteiger partial charge is 0.276 e. The SMILES string of the molecule is CC1(C)C(N)=N[C@](C)(c2nc(NC(=O)c3ncc(F)cc3Cl)ccc2F)[C@H]2CC(F)(F)CN[SH]21=O. The van der Waals surface area contributed by atoms with E-state index in [0.717, 1.165) is 24.4 Å². The molecule has 4 heterocycles. The summed E-state index contributed by atoms with van der Waals surface area (Å²) in [5.74, 6) is -6.05. The number of aromatic nitrogens is 2. The summed E-state index contributed by atoms with van der Waals surface area (Å²) in [6.45, 7) is 3.60. The number of anilines is 1. The Morgan fingerprint density at radius 2 is 1.97 bits per heavy atom. The van der Waals surface area contributed by atoms with Crippen LogP contribution in [0.3, 0.4) is 0 Å². The summed E-state index contributed by atoms with van der Waals surface area (Å²) in [4.78, 5) is 24.7. The van der Waals surface area contributed by atoms with Gasteiger partial charge in [0.05, 0.1) is 27.8 Å². The van der Waals surface area contributed by atoms with Crippen molar-refractivity contribution in [3.8, 4) is 0 Å². The van der Waals surface area contributed by atoms with E-state index < -0.39 is 67.8 Å². The van der Waals surface area contributed by atoms with Crippen molar-refractivity contribution in [2.45, 2.75) is 48.7 Å². The molecule has 2 aliphatic heterocycles. The van der Waals surface area contributed by atoms with Crippen molar-refractivity contribution in [1.82, 2.24) is 14.7 Å². The minimum Gasteiger partial charge on any atom is -0.386 e. The van der Waals surface area contributed by atoms with E-state index in [9.17, 15) is 22.2 Å². The summed E-state index contributed by atoms with van der Waals surface area (Å²) in [5.41, 5.74) is 3.56. The molecule has 1 fully saturated rings. The van der Waals surface area contributed by atoms with Gasteiger partial charge < -0.3 is 11.1 Å². The second-order valence-corrected chi connectivity index (χ2v) is 13.0. The minimum absolute atomic E-state index is 0.102. The molecule has 0 unspecified atom stereocenters. The number of carbonyl (C=O) groups excluding carboxylic acids is 1. The molecule has 14 heteroatoms. The van der Waals surface area contributed by atoms with Gasteiger partial charge in [-0.2, -0.15) is 0 Å². The van der Waals surface area contributed by atoms with Gasteiger partial charge in [-0.15, -0.1) is 0 Å². The first-order valence-electron chi connectivity index (χ1n) is 10.5. The van der Waals surface area contributed by atoms with Crippen LogP contribution in [0, 0.1) is 11.6 Å². The summed E-state index contributed by atoms with van der Waals surface area (Å²) in [5, 5.41) is 0.760. The molecule has 0 bridgehead atoms. The summed E-state index contributed by atoms with van der Waals surface area (Å²) in [6, 6.07) is 2.99. The number of amides is 1. The molecule has 2 aromatic heterocycles. The van der Waals surface area contributed by atoms with Crippen LogP contribution in [0.15, 0.2) is 29.4 Å². The van der Waals surface area contributed by atoms with Crippen LogP contribution in [0.1, 0.15) is 43.4 Å². The van der Waals surface area contributed by atoms with Gasteiger partial charge in [0.25, 0.3) is 11.8 Å². The number of alkyl halides is 2. The molecular weight excluding hydrogens is 512 g/mol. The third kappa shape index (κ3) is 4.08. The minimum atomic E-state index is -3.71. The lowest BCUT2D eigenvalue weighted by Gasteiger charge is -2.56. The number of nitrogens with zero attached hydrogens (tertiary/aromatic N) is 3. The molecule has 0 aromatic carbocycles. The van der Waals surface area contributed by atoms with Gasteiger partial charge in [-0.05, 0) is 49.1 Å². The number of hydrogen-bond acceptors (Lipinski definition) is 6. The Bertz CT molecular complexity index is 1310. The monoisotopic (exact) mass is 534 g/mol. The molecule has 2 atom stereocenters. The van der Waals surface area contributed by atoms with Gasteiger partial charge in [0.15, 0.2) is 0 Å². The van der Waals surface area contributed by atoms with Crippen LogP contribution in [-0.2, 0) is 15.7 Å². The number of halogens is 5. The van der Waals surface area contributed by atoms with Crippen molar-refractivity contribution in [2.75, 3.05) is 11.9 Å². The van der Waals surface area contributed by atoms with Crippen LogP contribution in [0.2, 0.25) is 5.02 Å². The van der Waals surface area contributed by atoms with E-state index in [0.29, 0.717) is 0 Å². The zero-order valence-electron chi connectivity index (χ0n) is 18.9. The Balaban J connectivity index is 1.80. The van der Waals surface area contributed by atoms with E-state index >= 15 is 4.39 Å². The van der Waals surface area contributed by atoms with E-state index in [2.05, 4.69) is 25.0 Å². The van der Waals surface area contributed by atoms with Gasteiger partial charge in [0.1, 0.15) is 40.2 Å². The fourth-order valence-corrected chi connectivity index (χ4v) is 8.34. The Labute approximate surface area is 204 Å². The van der Waals surface area contributed by atoms with Gasteiger partial charge in [-0.3, -0.25) is 18.7 Å². The zero-order chi connectivity index (χ0) is 26.0. The highest BCUT2D eigenvalue weighted by atomic mass is 35.5. The fraction of sp³-hybridized carbons (Fsp3) is 0.429. The zero-order valence-corrected chi connectivity index (χ0v) is 20.5. The number of amidine groups is 1. The van der Waals surface area contributed by atoms with E-state index in [-0.39, 0.29) is 22.4 Å². The van der Waals surface area contributed by atoms with Gasteiger partial charge in [0.2, 0.25) is 0 Å². The molecule has 0 spiro atoms. The first-order chi connectivity index (χ1) is 16.1. The number of nitrogens with two attached hydrogens (primary N) is 1. The van der Waals surface area contributed by atoms with E-state index in [1.165, 1.54) is 20.8 Å². The average Bonchev–Trinajstić information content (AvgIpc) is 2.75. The lowest BCUT2D eigenvalue weighted by Crippen LogP contribution is -2.72. The third-order valence-electron chi connectivity index (χ3n) is 6.55. The van der Waals surface area contributed by atoms with Crippen molar-refractivity contribution in [1.29, 1.82) is 0 Å². The first kappa shape index (κ1) is 25.5. The molecule has 1 saturated heterocycles. The standard InChI is InChI=1S/C21H23ClF4N6O2S/c1-19(2)18(27)32-20(3,13-7-21(25,26)9-29-35(13,19)34)16-12(24)4-5-14(30-16)31-17(33)15-11(22)6-10(23)8-28-15/h4-6,8,13,35H,7,9H2,1-3H3,(H2,27,32)(H,29,34)(H,30,31,33)/t13-,20+/m1/s1. The lowest BCUT2D eigenvalue weighted by atomic mass is 9.88. The van der Waals surface area contributed by atoms with Crippen molar-refractivity contribution < 1.29 is 26.6 Å². The first-order valence-corrected chi connectivity index (χ1v) is 12.6. The number of pyridine rings is 2. The van der Waals surface area contributed by atoms with Gasteiger partial charge in [-0.25, -0.2) is 27.5 Å². The number of hydrogen-bond donors (Lipinski definition) is 4. The highest BCUT2D eigenvalue weighted by molar-refractivity contribution is 8.04. The number of nitrogens with one attached hydrogen (secondary N) is 2. The molecular formula is C21H23ClF4N6O2S. The van der Waals surface area contributed by atoms with E-state index in [1.54, 1.807) is 0 Å². The van der Waals surface area contributed by atoms with Crippen LogP contribution in [-0.4, -0.2) is 48.4 Å². The van der Waals surface area contributed by atoms with Crippen LogP contribution >= 0.6 is 11.6 Å². The van der Waals surface area contributed by atoms with Gasteiger partial charge in [0, 0.05) is 6.42 Å². The van der Waals surface area contributed by atoms with E-state index in [4.69, 9.17) is 17.3 Å². The Morgan fingerprint density at radius 1 is 1.29 bits per heavy atom. The molecule has 8 nitrogen and oxygen atoms in total. The molecule has 4 N–H and O–H groups in total. The maximum Gasteiger partial charge on any atom is 0.276 e. The number of thiol groups is 1. The predicted molar refractivity (Wildman–Crippen MR) is 125 cm³/mol. The quantitative estimate of drug-likeness (QED) is 0.356. The topological polar surface area (TPSA) is 122 Å². The molecule has 4 rings (SSSR count). The number of carbonyl (C=O) groups is 1. The van der Waals surface area contributed by atoms with Crippen molar-refractivity contribution in [3.05, 3.63) is 52.4 Å². The lowest BCUT2D eigenvalue weighted by molar-refractivity contribution is -0.0139. The molecule has 2 aromatic rings. The highest BCUT2D eigenvalue weighted by Crippen LogP contribution is 2.50. The Hall–Kier alpha value is -2.64. The Kier molecular flexibility index (Phi) is 5.97. The van der Waals surface area contributed by atoms with Crippen LogP contribution in [0.4, 0.5) is 23.4 Å². The summed E-state index contributed by atoms with van der Waals surface area (Å²) >= 11 is 5.87. The van der Waals surface area contributed by atoms with Crippen molar-refractivity contribution in [3.63, 3.8) is 0 Å². The molecule has 1 amide bonds. The number of aliphatic imine (C=N–C) groups is 1. The van der Waals surface area contributed by atoms with E-state index in [1.807, 2.05) is 0 Å². The van der Waals surface area contributed by atoms with Gasteiger partial charge in [-0.1, -0.05) is 11.6 Å². The fourth-order valence-electron chi connectivity index (χ4n) is 4.43. The third-order valence-corrected chi connectivity index (χ3v) is 10.9. The average molecular weight is 535 g/mol.